The van der Waals surface area contributed by atoms with Crippen LogP contribution in [0.3, 0.4) is 0 Å². The first-order chi connectivity index (χ1) is 14.5. The maximum atomic E-state index is 13.9. The molecule has 0 bridgehead atoms. The highest BCUT2D eigenvalue weighted by Gasteiger charge is 2.19. The molecule has 0 aliphatic carbocycles. The summed E-state index contributed by atoms with van der Waals surface area (Å²) >= 11 is 0. The Kier molecular flexibility index (Phi) is 6.40. The molecule has 0 aliphatic heterocycles. The van der Waals surface area contributed by atoms with E-state index >= 15 is 0 Å². The van der Waals surface area contributed by atoms with Crippen LogP contribution in [-0.4, -0.2) is 20.6 Å². The van der Waals surface area contributed by atoms with E-state index < -0.39 is 33.1 Å². The van der Waals surface area contributed by atoms with Gasteiger partial charge in [-0.2, -0.15) is 0 Å². The van der Waals surface area contributed by atoms with E-state index in [1.165, 1.54) is 4.31 Å². The molecule has 3 aromatic rings. The SMILES string of the molecule is Cc1ccc(N(Cc2cccc(NC(=O)c3cc(F)ccc3F)c2)S(C)(=O)=O)cc1C. The molecule has 0 atom stereocenters. The second-order valence-corrected chi connectivity index (χ2v) is 9.22. The van der Waals surface area contributed by atoms with Crippen molar-refractivity contribution in [2.45, 2.75) is 20.4 Å². The standard InChI is InChI=1S/C23H22F2N2O3S/c1-15-7-9-20(11-16(15)2)27(31(3,29)30)14-17-5-4-6-19(12-17)26-23(28)21-13-18(24)8-10-22(21)25/h4-13H,14H2,1-3H3,(H,26,28). The topological polar surface area (TPSA) is 66.5 Å². The highest BCUT2D eigenvalue weighted by molar-refractivity contribution is 7.92. The summed E-state index contributed by atoms with van der Waals surface area (Å²) in [6, 6.07) is 14.6. The molecule has 0 saturated carbocycles. The van der Waals surface area contributed by atoms with Crippen LogP contribution in [0.15, 0.2) is 60.7 Å². The van der Waals surface area contributed by atoms with Crippen LogP contribution in [0.5, 0.6) is 0 Å². The van der Waals surface area contributed by atoms with Crippen LogP contribution in [0.1, 0.15) is 27.0 Å². The van der Waals surface area contributed by atoms with E-state index in [-0.39, 0.29) is 6.54 Å². The van der Waals surface area contributed by atoms with E-state index in [0.717, 1.165) is 35.6 Å². The molecule has 0 aliphatic rings. The summed E-state index contributed by atoms with van der Waals surface area (Å²) in [5, 5.41) is 2.52. The summed E-state index contributed by atoms with van der Waals surface area (Å²) in [6.07, 6.45) is 1.13. The average Bonchev–Trinajstić information content (AvgIpc) is 2.69. The fourth-order valence-corrected chi connectivity index (χ4v) is 3.94. The van der Waals surface area contributed by atoms with E-state index in [0.29, 0.717) is 16.9 Å². The van der Waals surface area contributed by atoms with Gasteiger partial charge in [-0.15, -0.1) is 0 Å². The second-order valence-electron chi connectivity index (χ2n) is 7.32. The molecule has 0 aromatic heterocycles. The van der Waals surface area contributed by atoms with Gasteiger partial charge in [0, 0.05) is 5.69 Å². The van der Waals surface area contributed by atoms with Crippen molar-refractivity contribution in [2.75, 3.05) is 15.9 Å². The number of carbonyl (C=O) groups is 1. The van der Waals surface area contributed by atoms with Gasteiger partial charge in [-0.05, 0) is 73.0 Å². The van der Waals surface area contributed by atoms with Gasteiger partial charge in [-0.25, -0.2) is 17.2 Å². The number of aryl methyl sites for hydroxylation is 2. The van der Waals surface area contributed by atoms with Crippen LogP contribution >= 0.6 is 0 Å². The number of hydrogen-bond donors (Lipinski definition) is 1. The van der Waals surface area contributed by atoms with Crippen LogP contribution in [0.2, 0.25) is 0 Å². The number of hydrogen-bond acceptors (Lipinski definition) is 3. The van der Waals surface area contributed by atoms with Crippen molar-refractivity contribution < 1.29 is 22.0 Å². The van der Waals surface area contributed by atoms with Gasteiger partial charge in [0.2, 0.25) is 10.0 Å². The lowest BCUT2D eigenvalue weighted by Crippen LogP contribution is -2.29. The van der Waals surface area contributed by atoms with Gasteiger partial charge in [0.1, 0.15) is 11.6 Å². The maximum Gasteiger partial charge on any atom is 0.258 e. The van der Waals surface area contributed by atoms with Crippen LogP contribution in [0.25, 0.3) is 0 Å². The molecule has 31 heavy (non-hydrogen) atoms. The highest BCUT2D eigenvalue weighted by Crippen LogP contribution is 2.24. The normalized spacial score (nSPS) is 11.3. The second kappa shape index (κ2) is 8.85. The fourth-order valence-electron chi connectivity index (χ4n) is 3.06. The van der Waals surface area contributed by atoms with Crippen molar-refractivity contribution in [3.8, 4) is 0 Å². The summed E-state index contributed by atoms with van der Waals surface area (Å²) in [7, 11) is -3.58. The van der Waals surface area contributed by atoms with E-state index in [9.17, 15) is 22.0 Å². The van der Waals surface area contributed by atoms with E-state index in [2.05, 4.69) is 5.32 Å². The van der Waals surface area contributed by atoms with Gasteiger partial charge in [0.05, 0.1) is 24.1 Å². The van der Waals surface area contributed by atoms with Crippen LogP contribution < -0.4 is 9.62 Å². The minimum absolute atomic E-state index is 0.0410. The van der Waals surface area contributed by atoms with E-state index in [1.54, 1.807) is 36.4 Å². The van der Waals surface area contributed by atoms with Crippen molar-refractivity contribution in [2.24, 2.45) is 0 Å². The Balaban J connectivity index is 1.86. The number of anilines is 2. The molecule has 3 aromatic carbocycles. The number of nitrogens with one attached hydrogen (secondary N) is 1. The summed E-state index contributed by atoms with van der Waals surface area (Å²) in [5.74, 6) is -2.37. The van der Waals surface area contributed by atoms with E-state index in [4.69, 9.17) is 0 Å². The number of halogens is 2. The van der Waals surface area contributed by atoms with Gasteiger partial charge in [0.25, 0.3) is 5.91 Å². The lowest BCUT2D eigenvalue weighted by Gasteiger charge is -2.23. The zero-order valence-corrected chi connectivity index (χ0v) is 18.1. The van der Waals surface area contributed by atoms with Gasteiger partial charge < -0.3 is 5.32 Å². The molecule has 3 rings (SSSR count). The van der Waals surface area contributed by atoms with Crippen LogP contribution in [0.4, 0.5) is 20.2 Å². The minimum Gasteiger partial charge on any atom is -0.322 e. The molecule has 1 amide bonds. The van der Waals surface area contributed by atoms with Gasteiger partial charge in [-0.3, -0.25) is 9.10 Å². The van der Waals surface area contributed by atoms with Gasteiger partial charge in [0.15, 0.2) is 0 Å². The Bertz CT molecular complexity index is 1240. The lowest BCUT2D eigenvalue weighted by molar-refractivity contribution is 0.102. The Labute approximate surface area is 180 Å². The summed E-state index contributed by atoms with van der Waals surface area (Å²) in [4.78, 5) is 12.3. The Morgan fingerprint density at radius 1 is 0.968 bits per heavy atom. The monoisotopic (exact) mass is 444 g/mol. The zero-order valence-electron chi connectivity index (χ0n) is 17.3. The number of amides is 1. The van der Waals surface area contributed by atoms with E-state index in [1.807, 2.05) is 19.9 Å². The Morgan fingerprint density at radius 3 is 2.39 bits per heavy atom. The number of nitrogens with zero attached hydrogens (tertiary/aromatic N) is 1. The number of benzene rings is 3. The maximum absolute atomic E-state index is 13.9. The molecule has 0 unspecified atom stereocenters. The zero-order chi connectivity index (χ0) is 22.8. The largest absolute Gasteiger partial charge is 0.322 e. The third kappa shape index (κ3) is 5.46. The molecular weight excluding hydrogens is 422 g/mol. The first kappa shape index (κ1) is 22.4. The van der Waals surface area contributed by atoms with Crippen LogP contribution in [0, 0.1) is 25.5 Å². The van der Waals surface area contributed by atoms with Crippen molar-refractivity contribution in [3.05, 3.63) is 94.6 Å². The number of sulfonamides is 1. The predicted octanol–water partition coefficient (Wildman–Crippen LogP) is 4.80. The fraction of sp³-hybridized carbons (Fsp3) is 0.174. The highest BCUT2D eigenvalue weighted by atomic mass is 32.2. The van der Waals surface area contributed by atoms with Crippen molar-refractivity contribution in [3.63, 3.8) is 0 Å². The first-order valence-corrected chi connectivity index (χ1v) is 11.3. The van der Waals surface area contributed by atoms with Crippen molar-refractivity contribution in [1.82, 2.24) is 0 Å². The molecule has 162 valence electrons. The smallest absolute Gasteiger partial charge is 0.258 e. The third-order valence-electron chi connectivity index (χ3n) is 4.86. The molecule has 5 nitrogen and oxygen atoms in total. The van der Waals surface area contributed by atoms with Gasteiger partial charge in [-0.1, -0.05) is 18.2 Å². The van der Waals surface area contributed by atoms with Crippen molar-refractivity contribution >= 4 is 27.3 Å². The van der Waals surface area contributed by atoms with Crippen LogP contribution in [-0.2, 0) is 16.6 Å². The first-order valence-electron chi connectivity index (χ1n) is 9.45. The Morgan fingerprint density at radius 2 is 1.71 bits per heavy atom. The summed E-state index contributed by atoms with van der Waals surface area (Å²) < 4.78 is 53.4. The quantitative estimate of drug-likeness (QED) is 0.594. The summed E-state index contributed by atoms with van der Waals surface area (Å²) in [5.41, 5.74) is 3.07. The summed E-state index contributed by atoms with van der Waals surface area (Å²) in [6.45, 7) is 3.89. The van der Waals surface area contributed by atoms with Gasteiger partial charge >= 0.3 is 0 Å². The molecule has 1 N–H and O–H groups in total. The minimum atomic E-state index is -3.58. The molecule has 0 spiro atoms. The third-order valence-corrected chi connectivity index (χ3v) is 6.00. The molecule has 0 radical (unpaired) electrons. The lowest BCUT2D eigenvalue weighted by atomic mass is 10.1. The number of carbonyl (C=O) groups excluding carboxylic acids is 1. The molecule has 0 fully saturated rings. The molecule has 0 saturated heterocycles. The predicted molar refractivity (Wildman–Crippen MR) is 118 cm³/mol. The molecule has 0 heterocycles. The Hall–Kier alpha value is -3.26. The molecule has 8 heteroatoms. The van der Waals surface area contributed by atoms with Crippen molar-refractivity contribution in [1.29, 1.82) is 0 Å². The average molecular weight is 445 g/mol. The molecular formula is C23H22F2N2O3S. The number of rotatable bonds is 6.